The summed E-state index contributed by atoms with van der Waals surface area (Å²) in [5.41, 5.74) is 1.20. The molecule has 1 N–H and O–H groups in total. The SMILES string of the molecule is COC(=O)N[C@]1(C)CC2=C(c3ccn(C(F)F)n3)[C@H](c3ccc(F)cc3Cl)N=C(c3nccs3)N2C1.O=C=O. The Hall–Kier alpha value is -4.00. The highest BCUT2D eigenvalue weighted by Crippen LogP contribution is 2.48. The van der Waals surface area contributed by atoms with Crippen molar-refractivity contribution in [2.24, 2.45) is 4.99 Å². The summed E-state index contributed by atoms with van der Waals surface area (Å²) < 4.78 is 46.1. The second kappa shape index (κ2) is 11.4. The second-order valence-corrected chi connectivity index (χ2v) is 10.0. The van der Waals surface area contributed by atoms with Crippen molar-refractivity contribution in [3.8, 4) is 0 Å². The van der Waals surface area contributed by atoms with Crippen LogP contribution in [0.15, 0.2) is 52.7 Å². The summed E-state index contributed by atoms with van der Waals surface area (Å²) >= 11 is 7.83. The number of halogens is 4. The Bertz CT molecular complexity index is 1470. The maximum absolute atomic E-state index is 13.9. The van der Waals surface area contributed by atoms with Crippen LogP contribution in [0, 0.1) is 5.82 Å². The maximum Gasteiger partial charge on any atom is 0.407 e. The Morgan fingerprint density at radius 1 is 1.33 bits per heavy atom. The number of nitrogens with zero attached hydrogens (tertiary/aromatic N) is 5. The molecule has 15 heteroatoms. The number of alkyl halides is 2. The number of thiazole rings is 1. The van der Waals surface area contributed by atoms with Crippen LogP contribution in [0.4, 0.5) is 18.0 Å². The third-order valence-corrected chi connectivity index (χ3v) is 7.13. The van der Waals surface area contributed by atoms with Crippen LogP contribution >= 0.6 is 22.9 Å². The van der Waals surface area contributed by atoms with Gasteiger partial charge < -0.3 is 15.0 Å². The molecule has 2 aromatic heterocycles. The number of carbonyl (C=O) groups is 1. The predicted octanol–water partition coefficient (Wildman–Crippen LogP) is 4.68. The number of hydrogen-bond donors (Lipinski definition) is 1. The summed E-state index contributed by atoms with van der Waals surface area (Å²) in [6.07, 6.45) is 2.79. The number of carbonyl (C=O) groups excluding carboxylic acids is 3. The van der Waals surface area contributed by atoms with Gasteiger partial charge in [0.2, 0.25) is 0 Å². The molecule has 1 saturated heterocycles. The van der Waals surface area contributed by atoms with Gasteiger partial charge in [0.05, 0.1) is 18.3 Å². The van der Waals surface area contributed by atoms with Crippen molar-refractivity contribution < 1.29 is 32.3 Å². The number of amidine groups is 1. The third-order valence-electron chi connectivity index (χ3n) is 6.04. The standard InChI is InChI=1S/C23H20ClF3N6O2S.CO2/c1-23(30-22(34)35-2)10-16-17(15-5-7-33(31-15)21(26)27)18(13-4-3-12(25)9-14(13)24)29-19(32(16)11-23)20-28-6-8-36-20;2-1-3/h3-9,18,21H,10-11H2,1-2H3,(H,30,34);/t18-,23+;/m0./s1. The largest absolute Gasteiger partial charge is 0.453 e. The highest BCUT2D eigenvalue weighted by atomic mass is 35.5. The van der Waals surface area contributed by atoms with E-state index < -0.39 is 30.0 Å². The normalized spacial score (nSPS) is 20.1. The minimum Gasteiger partial charge on any atom is -0.453 e. The lowest BCUT2D eigenvalue weighted by molar-refractivity contribution is -0.191. The average Bonchev–Trinajstić information content (AvgIpc) is 3.63. The predicted molar refractivity (Wildman–Crippen MR) is 133 cm³/mol. The number of methoxy groups -OCH3 is 1. The lowest BCUT2D eigenvalue weighted by Crippen LogP contribution is -2.48. The molecule has 0 unspecified atom stereocenters. The van der Waals surface area contributed by atoms with Crippen LogP contribution in [0.25, 0.3) is 5.57 Å². The number of hydrogen-bond acceptors (Lipinski definition) is 9. The molecule has 3 aromatic rings. The first-order valence-corrected chi connectivity index (χ1v) is 12.5. The van der Waals surface area contributed by atoms with E-state index in [0.29, 0.717) is 45.3 Å². The topological polar surface area (TPSA) is 119 Å². The van der Waals surface area contributed by atoms with Crippen molar-refractivity contribution in [2.75, 3.05) is 13.7 Å². The van der Waals surface area contributed by atoms with Crippen LogP contribution in [0.2, 0.25) is 5.02 Å². The van der Waals surface area contributed by atoms with Gasteiger partial charge in [0, 0.05) is 52.6 Å². The molecule has 1 aromatic carbocycles. The van der Waals surface area contributed by atoms with Crippen LogP contribution < -0.4 is 5.32 Å². The maximum atomic E-state index is 13.9. The molecule has 39 heavy (non-hydrogen) atoms. The molecule has 0 saturated carbocycles. The molecule has 2 aliphatic rings. The zero-order valence-corrected chi connectivity index (χ0v) is 22.0. The molecule has 0 radical (unpaired) electrons. The fourth-order valence-corrected chi connectivity index (χ4v) is 5.45. The van der Waals surface area contributed by atoms with E-state index in [0.717, 1.165) is 0 Å². The van der Waals surface area contributed by atoms with Gasteiger partial charge in [0.1, 0.15) is 11.9 Å². The summed E-state index contributed by atoms with van der Waals surface area (Å²) in [5.74, 6) is 0.00929. The van der Waals surface area contributed by atoms with Crippen molar-refractivity contribution in [3.05, 3.63) is 74.8 Å². The fraction of sp³-hybridized carbons (Fsp3) is 0.292. The van der Waals surface area contributed by atoms with Gasteiger partial charge in [-0.25, -0.2) is 18.9 Å². The van der Waals surface area contributed by atoms with E-state index >= 15 is 0 Å². The van der Waals surface area contributed by atoms with Crippen molar-refractivity contribution in [2.45, 2.75) is 31.5 Å². The van der Waals surface area contributed by atoms with E-state index in [1.165, 1.54) is 48.9 Å². The van der Waals surface area contributed by atoms with Crippen molar-refractivity contribution in [1.29, 1.82) is 0 Å². The van der Waals surface area contributed by atoms with Gasteiger partial charge in [0.25, 0.3) is 0 Å². The van der Waals surface area contributed by atoms with Crippen LogP contribution in [0.1, 0.15) is 42.2 Å². The number of fused-ring (bicyclic) bond motifs is 1. The number of alkyl carbamates (subject to hydrolysis) is 1. The van der Waals surface area contributed by atoms with Crippen molar-refractivity contribution in [3.63, 3.8) is 0 Å². The summed E-state index contributed by atoms with van der Waals surface area (Å²) in [6, 6.07) is 4.66. The first kappa shape index (κ1) is 28.0. The van der Waals surface area contributed by atoms with Gasteiger partial charge in [-0.15, -0.1) is 11.3 Å². The number of ether oxygens (including phenoxy) is 1. The number of aliphatic imine (C=N–C) groups is 1. The molecule has 0 spiro atoms. The molecule has 0 aliphatic carbocycles. The van der Waals surface area contributed by atoms with E-state index in [4.69, 9.17) is 30.9 Å². The minimum absolute atomic E-state index is 0.135. The third kappa shape index (κ3) is 5.72. The lowest BCUT2D eigenvalue weighted by Gasteiger charge is -2.32. The van der Waals surface area contributed by atoms with Crippen LogP contribution in [-0.2, 0) is 14.3 Å². The van der Waals surface area contributed by atoms with Gasteiger partial charge in [-0.3, -0.25) is 4.99 Å². The quantitative estimate of drug-likeness (QED) is 0.465. The summed E-state index contributed by atoms with van der Waals surface area (Å²) in [7, 11) is 1.28. The molecule has 1 amide bonds. The Balaban J connectivity index is 0.00000112. The van der Waals surface area contributed by atoms with E-state index in [9.17, 15) is 18.0 Å². The van der Waals surface area contributed by atoms with Gasteiger partial charge in [-0.2, -0.15) is 23.5 Å². The van der Waals surface area contributed by atoms with Crippen LogP contribution in [-0.4, -0.2) is 56.9 Å². The van der Waals surface area contributed by atoms with Crippen molar-refractivity contribution >= 4 is 46.6 Å². The molecular formula is C24H20ClF3N6O4S. The van der Waals surface area contributed by atoms with Gasteiger partial charge in [0.15, 0.2) is 10.8 Å². The first-order chi connectivity index (χ1) is 18.6. The van der Waals surface area contributed by atoms with Gasteiger partial charge in [-0.1, -0.05) is 17.7 Å². The van der Waals surface area contributed by atoms with Crippen LogP contribution in [0.3, 0.4) is 0 Å². The lowest BCUT2D eigenvalue weighted by atomic mass is 9.90. The van der Waals surface area contributed by atoms with Crippen LogP contribution in [0.5, 0.6) is 0 Å². The molecule has 1 fully saturated rings. The molecule has 4 heterocycles. The first-order valence-electron chi connectivity index (χ1n) is 11.2. The van der Waals surface area contributed by atoms with Gasteiger partial charge in [-0.05, 0) is 25.1 Å². The Kier molecular flexibility index (Phi) is 8.19. The van der Waals surface area contributed by atoms with Crippen molar-refractivity contribution in [1.82, 2.24) is 25.0 Å². The van der Waals surface area contributed by atoms with E-state index in [-0.39, 0.29) is 16.9 Å². The number of amides is 1. The fourth-order valence-electron chi connectivity index (χ4n) is 4.54. The smallest absolute Gasteiger partial charge is 0.407 e. The minimum atomic E-state index is -2.83. The van der Waals surface area contributed by atoms with E-state index in [1.807, 2.05) is 17.2 Å². The molecule has 2 aliphatic heterocycles. The Morgan fingerprint density at radius 2 is 2.08 bits per heavy atom. The molecule has 10 nitrogen and oxygen atoms in total. The second-order valence-electron chi connectivity index (χ2n) is 8.70. The molecule has 5 rings (SSSR count). The van der Waals surface area contributed by atoms with Gasteiger partial charge >= 0.3 is 18.8 Å². The number of nitrogens with one attached hydrogen (secondary N) is 1. The number of benzene rings is 1. The monoisotopic (exact) mass is 580 g/mol. The van der Waals surface area contributed by atoms with E-state index in [1.54, 1.807) is 6.20 Å². The summed E-state index contributed by atoms with van der Waals surface area (Å²) in [4.78, 5) is 39.6. The zero-order chi connectivity index (χ0) is 28.3. The molecule has 2 atom stereocenters. The highest BCUT2D eigenvalue weighted by Gasteiger charge is 2.46. The Labute approximate surface area is 228 Å². The summed E-state index contributed by atoms with van der Waals surface area (Å²) in [5, 5.41) is 9.53. The number of aromatic nitrogens is 3. The zero-order valence-electron chi connectivity index (χ0n) is 20.4. The molecule has 204 valence electrons. The highest BCUT2D eigenvalue weighted by molar-refractivity contribution is 7.11. The summed E-state index contributed by atoms with van der Waals surface area (Å²) in [6.45, 7) is -0.663. The average molecular weight is 581 g/mol. The molecular weight excluding hydrogens is 561 g/mol. The Morgan fingerprint density at radius 3 is 2.67 bits per heavy atom. The van der Waals surface area contributed by atoms with E-state index in [2.05, 4.69) is 15.4 Å². The number of rotatable bonds is 5. The molecule has 0 bridgehead atoms.